The molecule has 0 amide bonds. The van der Waals surface area contributed by atoms with Crippen LogP contribution in [0.2, 0.25) is 0 Å². The average molecular weight is 423 g/mol. The van der Waals surface area contributed by atoms with Gasteiger partial charge >= 0.3 is 0 Å². The molecule has 2 heterocycles. The lowest BCUT2D eigenvalue weighted by molar-refractivity contribution is 0.354. The number of benzene rings is 1. The van der Waals surface area contributed by atoms with E-state index in [0.29, 0.717) is 17.9 Å². The van der Waals surface area contributed by atoms with E-state index < -0.39 is 10.0 Å². The van der Waals surface area contributed by atoms with Gasteiger partial charge in [0, 0.05) is 30.1 Å². The van der Waals surface area contributed by atoms with E-state index in [1.54, 1.807) is 10.7 Å². The summed E-state index contributed by atoms with van der Waals surface area (Å²) < 4.78 is 39.7. The maximum Gasteiger partial charge on any atom is 0.240 e. The molecule has 3 aromatic rings. The van der Waals surface area contributed by atoms with Gasteiger partial charge in [0.2, 0.25) is 15.2 Å². The van der Waals surface area contributed by atoms with E-state index in [2.05, 4.69) is 14.8 Å². The smallest absolute Gasteiger partial charge is 0.240 e. The Morgan fingerprint density at radius 3 is 2.54 bits per heavy atom. The van der Waals surface area contributed by atoms with E-state index in [1.807, 2.05) is 25.3 Å². The predicted octanol–water partition coefficient (Wildman–Crippen LogP) is 2.48. The van der Waals surface area contributed by atoms with Crippen molar-refractivity contribution in [3.63, 3.8) is 0 Å². The number of nitrogens with zero attached hydrogens (tertiary/aromatic N) is 3. The molecule has 0 aliphatic rings. The molecule has 150 valence electrons. The highest BCUT2D eigenvalue weighted by Gasteiger charge is 2.17. The first kappa shape index (κ1) is 20.3. The lowest BCUT2D eigenvalue weighted by Gasteiger charge is -2.10. The van der Waals surface area contributed by atoms with Crippen LogP contribution < -0.4 is 14.2 Å². The number of thiazole rings is 1. The summed E-state index contributed by atoms with van der Waals surface area (Å²) in [6.07, 6.45) is 0.475. The van der Waals surface area contributed by atoms with Crippen LogP contribution in [0.3, 0.4) is 0 Å². The minimum atomic E-state index is -3.66. The number of aryl methyl sites for hydroxylation is 2. The van der Waals surface area contributed by atoms with E-state index in [9.17, 15) is 8.42 Å². The zero-order valence-electron chi connectivity index (χ0n) is 16.1. The molecule has 2 aromatic heterocycles. The molecule has 0 saturated carbocycles. The van der Waals surface area contributed by atoms with Gasteiger partial charge in [-0.05, 0) is 32.0 Å². The molecular formula is C18H22N4O4S2. The Hall–Kier alpha value is -2.43. The first-order chi connectivity index (χ1) is 13.3. The van der Waals surface area contributed by atoms with Gasteiger partial charge in [-0.2, -0.15) is 5.10 Å². The predicted molar refractivity (Wildman–Crippen MR) is 107 cm³/mol. The minimum absolute atomic E-state index is 0.117. The minimum Gasteiger partial charge on any atom is -0.493 e. The summed E-state index contributed by atoms with van der Waals surface area (Å²) in [6, 6.07) is 6.46. The zero-order valence-corrected chi connectivity index (χ0v) is 17.7. The summed E-state index contributed by atoms with van der Waals surface area (Å²) in [5.41, 5.74) is 2.74. The number of hydrogen-bond acceptors (Lipinski definition) is 7. The van der Waals surface area contributed by atoms with Gasteiger partial charge in [0.15, 0.2) is 11.5 Å². The normalized spacial score (nSPS) is 11.6. The Morgan fingerprint density at radius 2 is 1.89 bits per heavy atom. The second-order valence-corrected chi connectivity index (χ2v) is 8.73. The lowest BCUT2D eigenvalue weighted by atomic mass is 10.3. The summed E-state index contributed by atoms with van der Waals surface area (Å²) >= 11 is 1.48. The highest BCUT2D eigenvalue weighted by molar-refractivity contribution is 7.89. The fraction of sp³-hybridized carbons (Fsp3) is 0.333. The standard InChI is InChI=1S/C18H22N4O4S2/c1-12-9-13(2)22(21-12)18-20-14(11-27-18)7-8-19-28(23,24)15-5-6-16(25-3)17(10-15)26-4/h5-6,9-11,19H,7-8H2,1-4H3. The van der Waals surface area contributed by atoms with Gasteiger partial charge < -0.3 is 9.47 Å². The van der Waals surface area contributed by atoms with E-state index in [0.717, 1.165) is 22.2 Å². The monoisotopic (exact) mass is 422 g/mol. The van der Waals surface area contributed by atoms with Gasteiger partial charge in [-0.1, -0.05) is 0 Å². The molecule has 0 spiro atoms. The van der Waals surface area contributed by atoms with E-state index >= 15 is 0 Å². The summed E-state index contributed by atoms with van der Waals surface area (Å²) in [5, 5.41) is 7.09. The van der Waals surface area contributed by atoms with Crippen LogP contribution in [0.1, 0.15) is 17.1 Å². The highest BCUT2D eigenvalue weighted by atomic mass is 32.2. The van der Waals surface area contributed by atoms with Crippen LogP contribution in [0.25, 0.3) is 5.13 Å². The van der Waals surface area contributed by atoms with Crippen molar-refractivity contribution in [2.75, 3.05) is 20.8 Å². The van der Waals surface area contributed by atoms with Crippen molar-refractivity contribution in [2.24, 2.45) is 0 Å². The van der Waals surface area contributed by atoms with Crippen molar-refractivity contribution < 1.29 is 17.9 Å². The molecule has 0 bridgehead atoms. The quantitative estimate of drug-likeness (QED) is 0.599. The molecule has 1 aromatic carbocycles. The fourth-order valence-corrected chi connectivity index (χ4v) is 4.62. The molecule has 28 heavy (non-hydrogen) atoms. The van der Waals surface area contributed by atoms with Crippen LogP contribution in [0.5, 0.6) is 11.5 Å². The van der Waals surface area contributed by atoms with E-state index in [-0.39, 0.29) is 11.4 Å². The average Bonchev–Trinajstić information content (AvgIpc) is 3.26. The third kappa shape index (κ3) is 4.34. The molecule has 0 radical (unpaired) electrons. The fourth-order valence-electron chi connectivity index (χ4n) is 2.71. The van der Waals surface area contributed by atoms with Crippen molar-refractivity contribution >= 4 is 21.4 Å². The Balaban J connectivity index is 1.65. The van der Waals surface area contributed by atoms with Crippen molar-refractivity contribution in [1.82, 2.24) is 19.5 Å². The Kier molecular flexibility index (Phi) is 6.01. The van der Waals surface area contributed by atoms with Gasteiger partial charge in [0.1, 0.15) is 0 Å². The molecule has 0 aliphatic heterocycles. The van der Waals surface area contributed by atoms with E-state index in [1.165, 1.54) is 37.7 Å². The number of hydrogen-bond donors (Lipinski definition) is 1. The van der Waals surface area contributed by atoms with Gasteiger partial charge in [0.05, 0.1) is 30.5 Å². The number of aromatic nitrogens is 3. The van der Waals surface area contributed by atoms with Crippen molar-refractivity contribution in [3.8, 4) is 16.6 Å². The van der Waals surface area contributed by atoms with Gasteiger partial charge in [-0.25, -0.2) is 22.8 Å². The second kappa shape index (κ2) is 8.29. The number of nitrogens with one attached hydrogen (secondary N) is 1. The first-order valence-electron chi connectivity index (χ1n) is 8.54. The molecular weight excluding hydrogens is 400 g/mol. The number of methoxy groups -OCH3 is 2. The molecule has 3 rings (SSSR count). The van der Waals surface area contributed by atoms with Crippen molar-refractivity contribution in [3.05, 3.63) is 46.7 Å². The molecule has 0 atom stereocenters. The number of sulfonamides is 1. The largest absolute Gasteiger partial charge is 0.493 e. The lowest BCUT2D eigenvalue weighted by Crippen LogP contribution is -2.26. The van der Waals surface area contributed by atoms with Crippen LogP contribution in [0.4, 0.5) is 0 Å². The Morgan fingerprint density at radius 1 is 1.14 bits per heavy atom. The van der Waals surface area contributed by atoms with Crippen LogP contribution >= 0.6 is 11.3 Å². The number of ether oxygens (including phenoxy) is 2. The molecule has 1 N–H and O–H groups in total. The summed E-state index contributed by atoms with van der Waals surface area (Å²) in [7, 11) is -0.703. The number of rotatable bonds is 8. The summed E-state index contributed by atoms with van der Waals surface area (Å²) in [6.45, 7) is 4.14. The van der Waals surface area contributed by atoms with Crippen LogP contribution in [0.15, 0.2) is 34.5 Å². The maximum absolute atomic E-state index is 12.5. The van der Waals surface area contributed by atoms with Gasteiger partial charge in [0.25, 0.3) is 0 Å². The van der Waals surface area contributed by atoms with Gasteiger partial charge in [-0.3, -0.25) is 0 Å². The van der Waals surface area contributed by atoms with Crippen LogP contribution in [-0.2, 0) is 16.4 Å². The highest BCUT2D eigenvalue weighted by Crippen LogP contribution is 2.29. The molecule has 0 saturated heterocycles. The van der Waals surface area contributed by atoms with Crippen LogP contribution in [-0.4, -0.2) is 43.9 Å². The second-order valence-electron chi connectivity index (χ2n) is 6.12. The molecule has 8 nitrogen and oxygen atoms in total. The summed E-state index contributed by atoms with van der Waals surface area (Å²) in [5.74, 6) is 0.833. The zero-order chi connectivity index (χ0) is 20.3. The van der Waals surface area contributed by atoms with E-state index in [4.69, 9.17) is 9.47 Å². The van der Waals surface area contributed by atoms with Crippen molar-refractivity contribution in [2.45, 2.75) is 25.2 Å². The van der Waals surface area contributed by atoms with Crippen LogP contribution in [0, 0.1) is 13.8 Å². The van der Waals surface area contributed by atoms with Gasteiger partial charge in [-0.15, -0.1) is 11.3 Å². The molecule has 0 aliphatic carbocycles. The first-order valence-corrected chi connectivity index (χ1v) is 10.9. The molecule has 0 unspecified atom stereocenters. The molecule has 0 fully saturated rings. The summed E-state index contributed by atoms with van der Waals surface area (Å²) in [4.78, 5) is 4.66. The maximum atomic E-state index is 12.5. The molecule has 10 heteroatoms. The topological polar surface area (TPSA) is 95.3 Å². The third-order valence-electron chi connectivity index (χ3n) is 4.07. The SMILES string of the molecule is COc1ccc(S(=O)(=O)NCCc2csc(-n3nc(C)cc3C)n2)cc1OC. The third-order valence-corrected chi connectivity index (χ3v) is 6.39. The van der Waals surface area contributed by atoms with Crippen molar-refractivity contribution in [1.29, 1.82) is 0 Å². The Labute approximate surface area is 168 Å². The Bertz CT molecular complexity index is 1070.